The zero-order valence-corrected chi connectivity index (χ0v) is 26.0. The van der Waals surface area contributed by atoms with Crippen LogP contribution in [-0.2, 0) is 38.1 Å². The van der Waals surface area contributed by atoms with Crippen LogP contribution in [0.3, 0.4) is 0 Å². The van der Waals surface area contributed by atoms with Gasteiger partial charge in [-0.3, -0.25) is 0 Å². The molecule has 2 aromatic rings. The van der Waals surface area contributed by atoms with Crippen molar-refractivity contribution in [3.05, 3.63) is 72.3 Å². The molecule has 2 fully saturated rings. The number of unbranched alkanes of at least 4 members (excludes halogenated alkanes) is 3. The van der Waals surface area contributed by atoms with Gasteiger partial charge in [0.15, 0.2) is 18.5 Å². The maximum atomic E-state index is 12.4. The van der Waals surface area contributed by atoms with Crippen LogP contribution >= 0.6 is 0 Å². The maximum absolute atomic E-state index is 12.4. The number of carbonyl (C=O) groups excluding carboxylic acids is 3. The number of esters is 3. The van der Waals surface area contributed by atoms with Gasteiger partial charge in [-0.2, -0.15) is 0 Å². The van der Waals surface area contributed by atoms with Crippen molar-refractivity contribution in [1.82, 2.24) is 0 Å². The Morgan fingerprint density at radius 3 is 1.77 bits per heavy atom. The second-order valence-electron chi connectivity index (χ2n) is 11.5. The molecule has 1 saturated heterocycles. The van der Waals surface area contributed by atoms with Gasteiger partial charge in [0.1, 0.15) is 0 Å². The van der Waals surface area contributed by atoms with Crippen molar-refractivity contribution in [1.29, 1.82) is 0 Å². The molecular weight excluding hydrogens is 560 g/mol. The van der Waals surface area contributed by atoms with Crippen molar-refractivity contribution in [2.75, 3.05) is 19.8 Å². The molecule has 0 aromatic heterocycles. The summed E-state index contributed by atoms with van der Waals surface area (Å²) in [4.78, 5) is 35.9. The Labute approximate surface area is 261 Å². The summed E-state index contributed by atoms with van der Waals surface area (Å²) in [6.45, 7) is 7.64. The molecule has 2 aliphatic rings. The minimum atomic E-state index is -1.17. The fourth-order valence-electron chi connectivity index (χ4n) is 6.09. The maximum Gasteiger partial charge on any atom is 0.338 e. The SMILES string of the molecule is C=CC(=O)OCCCCCCC1CCC(c2ccc(-c3ccc(C4O[C@H](C(=O)OCC)[C@H](C(=O)OCC)O4)cc3)cc2)CC1. The molecule has 8 heteroatoms. The van der Waals surface area contributed by atoms with Crippen molar-refractivity contribution in [2.24, 2.45) is 5.92 Å². The van der Waals surface area contributed by atoms with Crippen LogP contribution in [0.1, 0.15) is 95.0 Å². The third-order valence-electron chi connectivity index (χ3n) is 8.52. The van der Waals surface area contributed by atoms with Crippen LogP contribution in [-0.4, -0.2) is 49.9 Å². The van der Waals surface area contributed by atoms with Crippen molar-refractivity contribution in [3.63, 3.8) is 0 Å². The van der Waals surface area contributed by atoms with Crippen LogP contribution in [0.4, 0.5) is 0 Å². The summed E-state index contributed by atoms with van der Waals surface area (Å²) < 4.78 is 26.8. The van der Waals surface area contributed by atoms with Crippen molar-refractivity contribution in [2.45, 2.75) is 96.1 Å². The molecule has 3 atom stereocenters. The lowest BCUT2D eigenvalue weighted by molar-refractivity contribution is -0.163. The zero-order chi connectivity index (χ0) is 31.3. The first-order chi connectivity index (χ1) is 21.4. The second-order valence-corrected chi connectivity index (χ2v) is 11.5. The molecule has 0 bridgehead atoms. The van der Waals surface area contributed by atoms with E-state index in [1.165, 1.54) is 56.6 Å². The van der Waals surface area contributed by atoms with Gasteiger partial charge in [0.25, 0.3) is 0 Å². The van der Waals surface area contributed by atoms with Crippen LogP contribution in [0.2, 0.25) is 0 Å². The van der Waals surface area contributed by atoms with Gasteiger partial charge in [0.05, 0.1) is 19.8 Å². The molecule has 0 spiro atoms. The fraction of sp³-hybridized carbons (Fsp3) is 0.528. The first-order valence-corrected chi connectivity index (χ1v) is 16.1. The van der Waals surface area contributed by atoms with E-state index in [1.807, 2.05) is 24.3 Å². The van der Waals surface area contributed by atoms with Gasteiger partial charge >= 0.3 is 17.9 Å². The summed E-state index contributed by atoms with van der Waals surface area (Å²) in [6.07, 6.45) is 8.77. The lowest BCUT2D eigenvalue weighted by Crippen LogP contribution is -2.39. The minimum absolute atomic E-state index is 0.175. The normalized spacial score (nSPS) is 23.1. The minimum Gasteiger partial charge on any atom is -0.464 e. The third kappa shape index (κ3) is 9.26. The van der Waals surface area contributed by atoms with Gasteiger partial charge in [-0.1, -0.05) is 80.8 Å². The monoisotopic (exact) mass is 606 g/mol. The Balaban J connectivity index is 1.23. The summed E-state index contributed by atoms with van der Waals surface area (Å²) in [5.74, 6) is -0.198. The summed E-state index contributed by atoms with van der Waals surface area (Å²) in [5, 5.41) is 0. The molecule has 8 nitrogen and oxygen atoms in total. The molecule has 44 heavy (non-hydrogen) atoms. The Morgan fingerprint density at radius 2 is 1.25 bits per heavy atom. The molecule has 1 heterocycles. The predicted molar refractivity (Wildman–Crippen MR) is 167 cm³/mol. The van der Waals surface area contributed by atoms with E-state index < -0.39 is 30.4 Å². The lowest BCUT2D eigenvalue weighted by Gasteiger charge is -2.29. The average Bonchev–Trinajstić information content (AvgIpc) is 3.51. The highest BCUT2D eigenvalue weighted by atomic mass is 16.8. The third-order valence-corrected chi connectivity index (χ3v) is 8.52. The standard InChI is InChI=1S/C36H46O8/c1-4-31(37)42-24-10-8-7-9-11-25-12-14-26(15-13-25)27-16-18-28(19-17-27)29-20-22-30(23-21-29)36-43-32(34(38)40-5-2)33(44-36)35(39)41-6-3/h4,16-23,25-26,32-33,36H,1,5-15,24H2,2-3H3/t25?,26?,32-,33+,36?. The average molecular weight is 607 g/mol. The number of ether oxygens (including phenoxy) is 5. The fourth-order valence-corrected chi connectivity index (χ4v) is 6.09. The second kappa shape index (κ2) is 17.1. The van der Waals surface area contributed by atoms with E-state index >= 15 is 0 Å². The quantitative estimate of drug-likeness (QED) is 0.0908. The smallest absolute Gasteiger partial charge is 0.338 e. The van der Waals surface area contributed by atoms with Crippen LogP contribution < -0.4 is 0 Å². The van der Waals surface area contributed by atoms with Crippen LogP contribution in [0.15, 0.2) is 61.2 Å². The molecular formula is C36H46O8. The first kappa shape index (κ1) is 33.4. The van der Waals surface area contributed by atoms with E-state index in [9.17, 15) is 14.4 Å². The number of carbonyl (C=O) groups is 3. The van der Waals surface area contributed by atoms with Crippen molar-refractivity contribution >= 4 is 17.9 Å². The highest BCUT2D eigenvalue weighted by Gasteiger charge is 2.47. The van der Waals surface area contributed by atoms with Gasteiger partial charge < -0.3 is 23.7 Å². The molecule has 1 saturated carbocycles. The van der Waals surface area contributed by atoms with Gasteiger partial charge in [-0.25, -0.2) is 14.4 Å². The molecule has 1 unspecified atom stereocenters. The number of hydrogen-bond donors (Lipinski definition) is 0. The van der Waals surface area contributed by atoms with E-state index in [0.29, 0.717) is 18.1 Å². The molecule has 1 aliphatic carbocycles. The van der Waals surface area contributed by atoms with E-state index in [4.69, 9.17) is 23.7 Å². The van der Waals surface area contributed by atoms with Crippen LogP contribution in [0.5, 0.6) is 0 Å². The number of hydrogen-bond acceptors (Lipinski definition) is 8. The van der Waals surface area contributed by atoms with E-state index in [0.717, 1.165) is 29.9 Å². The van der Waals surface area contributed by atoms with E-state index in [1.54, 1.807) is 13.8 Å². The first-order valence-electron chi connectivity index (χ1n) is 16.1. The molecule has 4 rings (SSSR count). The summed E-state index contributed by atoms with van der Waals surface area (Å²) in [5.41, 5.74) is 4.29. The molecule has 1 aliphatic heterocycles. The highest BCUT2D eigenvalue weighted by molar-refractivity contribution is 5.86. The molecule has 0 amide bonds. The molecule has 0 radical (unpaired) electrons. The Kier molecular flexibility index (Phi) is 13.0. The predicted octanol–water partition coefficient (Wildman–Crippen LogP) is 7.22. The highest BCUT2D eigenvalue weighted by Crippen LogP contribution is 2.39. The van der Waals surface area contributed by atoms with Gasteiger partial charge in [0, 0.05) is 11.6 Å². The van der Waals surface area contributed by atoms with E-state index in [2.05, 4.69) is 30.8 Å². The molecule has 238 valence electrons. The van der Waals surface area contributed by atoms with Crippen molar-refractivity contribution < 1.29 is 38.1 Å². The summed E-state index contributed by atoms with van der Waals surface area (Å²) in [7, 11) is 0. The van der Waals surface area contributed by atoms with Crippen molar-refractivity contribution in [3.8, 4) is 11.1 Å². The van der Waals surface area contributed by atoms with Crippen LogP contribution in [0, 0.1) is 5.92 Å². The van der Waals surface area contributed by atoms with Gasteiger partial charge in [0.2, 0.25) is 0 Å². The van der Waals surface area contributed by atoms with Crippen LogP contribution in [0.25, 0.3) is 11.1 Å². The lowest BCUT2D eigenvalue weighted by atomic mass is 9.77. The van der Waals surface area contributed by atoms with Gasteiger partial charge in [-0.05, 0) is 74.5 Å². The summed E-state index contributed by atoms with van der Waals surface area (Å²) in [6, 6.07) is 16.6. The molecule has 0 N–H and O–H groups in total. The Bertz CT molecular complexity index is 1190. The summed E-state index contributed by atoms with van der Waals surface area (Å²) >= 11 is 0. The zero-order valence-electron chi connectivity index (χ0n) is 26.0. The molecule has 2 aromatic carbocycles. The largest absolute Gasteiger partial charge is 0.464 e. The topological polar surface area (TPSA) is 97.4 Å². The Hall–Kier alpha value is -3.49. The van der Waals surface area contributed by atoms with Gasteiger partial charge in [-0.15, -0.1) is 0 Å². The van der Waals surface area contributed by atoms with E-state index in [-0.39, 0.29) is 19.2 Å². The number of rotatable bonds is 15. The number of benzene rings is 2. The Morgan fingerprint density at radius 1 is 0.727 bits per heavy atom.